The monoisotopic (exact) mass is 219 g/mol. The maximum Gasteiger partial charge on any atom is 0.0721 e. The summed E-state index contributed by atoms with van der Waals surface area (Å²) in [6, 6.07) is 2.23. The van der Waals surface area contributed by atoms with Gasteiger partial charge >= 0.3 is 0 Å². The standard InChI is InChI=1S/C14H21NO/c1-9(2)13-7-11-8-16-6-5-12(11)14(15-13)10(3)4/h7,9-10H,5-6,8H2,1-4H3. The third-order valence-corrected chi connectivity index (χ3v) is 3.16. The van der Waals surface area contributed by atoms with E-state index < -0.39 is 0 Å². The zero-order valence-corrected chi connectivity index (χ0v) is 10.7. The minimum Gasteiger partial charge on any atom is -0.376 e. The topological polar surface area (TPSA) is 22.1 Å². The predicted molar refractivity (Wildman–Crippen MR) is 65.8 cm³/mol. The molecule has 1 aliphatic heterocycles. The number of hydrogen-bond acceptors (Lipinski definition) is 2. The Labute approximate surface area is 98.0 Å². The van der Waals surface area contributed by atoms with E-state index in [1.807, 2.05) is 0 Å². The quantitative estimate of drug-likeness (QED) is 0.760. The summed E-state index contributed by atoms with van der Waals surface area (Å²) in [5, 5.41) is 0. The number of fused-ring (bicyclic) bond motifs is 1. The van der Waals surface area contributed by atoms with Crippen LogP contribution < -0.4 is 0 Å². The minimum absolute atomic E-state index is 0.490. The summed E-state index contributed by atoms with van der Waals surface area (Å²) in [7, 11) is 0. The van der Waals surface area contributed by atoms with Gasteiger partial charge in [0.05, 0.1) is 13.2 Å². The molecule has 0 aliphatic carbocycles. The Morgan fingerprint density at radius 2 is 1.94 bits per heavy atom. The van der Waals surface area contributed by atoms with Gasteiger partial charge in [0.1, 0.15) is 0 Å². The molecule has 1 aliphatic rings. The van der Waals surface area contributed by atoms with E-state index in [-0.39, 0.29) is 0 Å². The van der Waals surface area contributed by atoms with Crippen molar-refractivity contribution >= 4 is 0 Å². The molecule has 0 saturated heterocycles. The Morgan fingerprint density at radius 1 is 1.19 bits per heavy atom. The van der Waals surface area contributed by atoms with Crippen LogP contribution in [0.5, 0.6) is 0 Å². The minimum atomic E-state index is 0.490. The molecule has 0 bridgehead atoms. The molecule has 0 fully saturated rings. The lowest BCUT2D eigenvalue weighted by molar-refractivity contribution is 0.110. The van der Waals surface area contributed by atoms with Gasteiger partial charge in [-0.25, -0.2) is 0 Å². The van der Waals surface area contributed by atoms with Gasteiger partial charge in [-0.15, -0.1) is 0 Å². The molecule has 16 heavy (non-hydrogen) atoms. The lowest BCUT2D eigenvalue weighted by Gasteiger charge is -2.23. The Morgan fingerprint density at radius 3 is 2.56 bits per heavy atom. The number of hydrogen-bond donors (Lipinski definition) is 0. The molecule has 0 amide bonds. The molecule has 0 saturated carbocycles. The average molecular weight is 219 g/mol. The van der Waals surface area contributed by atoms with Crippen LogP contribution in [-0.4, -0.2) is 11.6 Å². The first-order valence-corrected chi connectivity index (χ1v) is 6.20. The van der Waals surface area contributed by atoms with Crippen molar-refractivity contribution in [2.45, 2.75) is 52.6 Å². The second-order valence-corrected chi connectivity index (χ2v) is 5.18. The summed E-state index contributed by atoms with van der Waals surface area (Å²) in [5.74, 6) is 0.996. The molecular weight excluding hydrogens is 198 g/mol. The molecule has 2 nitrogen and oxygen atoms in total. The van der Waals surface area contributed by atoms with Crippen molar-refractivity contribution in [3.63, 3.8) is 0 Å². The van der Waals surface area contributed by atoms with Crippen molar-refractivity contribution < 1.29 is 4.74 Å². The zero-order chi connectivity index (χ0) is 11.7. The largest absolute Gasteiger partial charge is 0.376 e. The van der Waals surface area contributed by atoms with Crippen LogP contribution in [0.25, 0.3) is 0 Å². The Hall–Kier alpha value is -0.890. The maximum atomic E-state index is 5.54. The third kappa shape index (κ3) is 2.12. The van der Waals surface area contributed by atoms with Gasteiger partial charge in [0.2, 0.25) is 0 Å². The van der Waals surface area contributed by atoms with Crippen molar-refractivity contribution in [2.75, 3.05) is 6.61 Å². The highest BCUT2D eigenvalue weighted by Gasteiger charge is 2.19. The highest BCUT2D eigenvalue weighted by Crippen LogP contribution is 2.28. The molecular formula is C14H21NO. The fraction of sp³-hybridized carbons (Fsp3) is 0.643. The summed E-state index contributed by atoms with van der Waals surface area (Å²) in [4.78, 5) is 4.83. The van der Waals surface area contributed by atoms with E-state index in [4.69, 9.17) is 9.72 Å². The Balaban J connectivity index is 2.52. The van der Waals surface area contributed by atoms with Gasteiger partial charge in [0.15, 0.2) is 0 Å². The number of pyridine rings is 1. The van der Waals surface area contributed by atoms with Gasteiger partial charge in [-0.3, -0.25) is 4.98 Å². The van der Waals surface area contributed by atoms with Crippen molar-refractivity contribution in [3.05, 3.63) is 28.6 Å². The van der Waals surface area contributed by atoms with E-state index in [1.165, 1.54) is 22.5 Å². The van der Waals surface area contributed by atoms with E-state index in [0.717, 1.165) is 19.6 Å². The number of rotatable bonds is 2. The van der Waals surface area contributed by atoms with E-state index in [1.54, 1.807) is 0 Å². The second kappa shape index (κ2) is 4.54. The van der Waals surface area contributed by atoms with Crippen LogP contribution in [0.1, 0.15) is 62.0 Å². The molecule has 0 aromatic carbocycles. The lowest BCUT2D eigenvalue weighted by atomic mass is 9.93. The van der Waals surface area contributed by atoms with Crippen LogP contribution >= 0.6 is 0 Å². The van der Waals surface area contributed by atoms with Crippen LogP contribution in [-0.2, 0) is 17.8 Å². The smallest absolute Gasteiger partial charge is 0.0721 e. The molecule has 0 radical (unpaired) electrons. The highest BCUT2D eigenvalue weighted by molar-refractivity contribution is 5.36. The molecule has 0 atom stereocenters. The molecule has 1 aromatic rings. The molecule has 0 N–H and O–H groups in total. The molecule has 1 aromatic heterocycles. The van der Waals surface area contributed by atoms with Crippen LogP contribution in [0.15, 0.2) is 6.07 Å². The van der Waals surface area contributed by atoms with E-state index >= 15 is 0 Å². The Bertz CT molecular complexity index is 383. The molecule has 0 spiro atoms. The molecule has 88 valence electrons. The van der Waals surface area contributed by atoms with E-state index in [9.17, 15) is 0 Å². The molecule has 2 rings (SSSR count). The summed E-state index contributed by atoms with van der Waals surface area (Å²) in [5.41, 5.74) is 5.27. The third-order valence-electron chi connectivity index (χ3n) is 3.16. The summed E-state index contributed by atoms with van der Waals surface area (Å²) >= 11 is 0. The van der Waals surface area contributed by atoms with Crippen LogP contribution in [0.3, 0.4) is 0 Å². The lowest BCUT2D eigenvalue weighted by Crippen LogP contribution is -2.16. The highest BCUT2D eigenvalue weighted by atomic mass is 16.5. The van der Waals surface area contributed by atoms with Gasteiger partial charge in [0, 0.05) is 11.4 Å². The van der Waals surface area contributed by atoms with E-state index in [2.05, 4.69) is 33.8 Å². The van der Waals surface area contributed by atoms with Gasteiger partial charge in [-0.2, -0.15) is 0 Å². The van der Waals surface area contributed by atoms with Gasteiger partial charge in [0.25, 0.3) is 0 Å². The first-order valence-electron chi connectivity index (χ1n) is 6.20. The second-order valence-electron chi connectivity index (χ2n) is 5.18. The molecule has 0 unspecified atom stereocenters. The first kappa shape index (κ1) is 11.6. The number of nitrogens with zero attached hydrogens (tertiary/aromatic N) is 1. The average Bonchev–Trinajstić information content (AvgIpc) is 2.27. The van der Waals surface area contributed by atoms with Crippen molar-refractivity contribution in [1.82, 2.24) is 4.98 Å². The van der Waals surface area contributed by atoms with E-state index in [0.29, 0.717) is 11.8 Å². The summed E-state index contributed by atoms with van der Waals surface area (Å²) in [6.45, 7) is 10.4. The number of aromatic nitrogens is 1. The predicted octanol–water partition coefficient (Wildman–Crippen LogP) is 3.40. The zero-order valence-electron chi connectivity index (χ0n) is 10.7. The summed E-state index contributed by atoms with van der Waals surface area (Å²) < 4.78 is 5.54. The Kier molecular flexibility index (Phi) is 3.29. The fourth-order valence-corrected chi connectivity index (χ4v) is 2.22. The maximum absolute atomic E-state index is 5.54. The van der Waals surface area contributed by atoms with Crippen LogP contribution in [0.2, 0.25) is 0 Å². The first-order chi connectivity index (χ1) is 7.59. The van der Waals surface area contributed by atoms with Crippen LogP contribution in [0, 0.1) is 0 Å². The van der Waals surface area contributed by atoms with Gasteiger partial charge in [-0.05, 0) is 35.4 Å². The number of ether oxygens (including phenoxy) is 1. The van der Waals surface area contributed by atoms with Crippen LogP contribution in [0.4, 0.5) is 0 Å². The van der Waals surface area contributed by atoms with Crippen molar-refractivity contribution in [2.24, 2.45) is 0 Å². The normalized spacial score (nSPS) is 15.6. The van der Waals surface area contributed by atoms with Crippen molar-refractivity contribution in [1.29, 1.82) is 0 Å². The molecule has 2 heterocycles. The SMILES string of the molecule is CC(C)c1cc2c(c(C(C)C)n1)CCOC2. The van der Waals surface area contributed by atoms with Crippen molar-refractivity contribution in [3.8, 4) is 0 Å². The van der Waals surface area contributed by atoms with Gasteiger partial charge in [-0.1, -0.05) is 27.7 Å². The fourth-order valence-electron chi connectivity index (χ4n) is 2.22. The summed E-state index contributed by atoms with van der Waals surface area (Å²) in [6.07, 6.45) is 1.02. The van der Waals surface area contributed by atoms with Gasteiger partial charge < -0.3 is 4.74 Å². The molecule has 2 heteroatoms.